The first-order chi connectivity index (χ1) is 9.40. The van der Waals surface area contributed by atoms with Crippen molar-refractivity contribution in [2.24, 2.45) is 0 Å². The molecular weight excluding hydrogens is 264 g/mol. The van der Waals surface area contributed by atoms with Gasteiger partial charge in [0.05, 0.1) is 0 Å². The maximum atomic E-state index is 3.89. The molecule has 0 aromatic carbocycles. The second-order valence-electron chi connectivity index (χ2n) is 6.79. The van der Waals surface area contributed by atoms with Crippen LogP contribution < -0.4 is 5.32 Å². The van der Waals surface area contributed by atoms with Crippen molar-refractivity contribution in [1.29, 1.82) is 0 Å². The van der Waals surface area contributed by atoms with E-state index in [1.165, 1.54) is 28.2 Å². The maximum absolute atomic E-state index is 3.89. The van der Waals surface area contributed by atoms with Crippen molar-refractivity contribution in [2.45, 2.75) is 65.2 Å². The van der Waals surface area contributed by atoms with Crippen LogP contribution in [-0.2, 0) is 13.1 Å². The Kier molecular flexibility index (Phi) is 5.05. The molecule has 3 heteroatoms. The summed E-state index contributed by atoms with van der Waals surface area (Å²) in [6.07, 6.45) is 4.71. The van der Waals surface area contributed by atoms with Crippen LogP contribution >= 0.6 is 11.3 Å². The molecule has 2 rings (SSSR count). The molecule has 1 heterocycles. The molecule has 1 aliphatic carbocycles. The first-order valence-corrected chi connectivity index (χ1v) is 8.39. The fourth-order valence-electron chi connectivity index (χ4n) is 2.30. The number of hydrogen-bond acceptors (Lipinski definition) is 3. The Morgan fingerprint density at radius 3 is 2.70 bits per heavy atom. The molecule has 1 saturated carbocycles. The molecule has 0 aliphatic heterocycles. The Balaban J connectivity index is 2.00. The first-order valence-electron chi connectivity index (χ1n) is 7.57. The zero-order valence-corrected chi connectivity index (χ0v) is 14.1. The zero-order chi connectivity index (χ0) is 14.8. The largest absolute Gasteiger partial charge is 0.309 e. The minimum atomic E-state index is 0.176. The van der Waals surface area contributed by atoms with Crippen LogP contribution in [0.2, 0.25) is 0 Å². The molecule has 0 unspecified atom stereocenters. The summed E-state index contributed by atoms with van der Waals surface area (Å²) in [6.45, 7) is 15.9. The van der Waals surface area contributed by atoms with Crippen molar-refractivity contribution in [3.8, 4) is 0 Å². The molecule has 0 bridgehead atoms. The third-order valence-corrected chi connectivity index (χ3v) is 4.97. The average Bonchev–Trinajstić information content (AvgIpc) is 3.11. The first kappa shape index (κ1) is 15.7. The minimum absolute atomic E-state index is 0.176. The maximum Gasteiger partial charge on any atom is 0.0302 e. The Morgan fingerprint density at radius 2 is 2.15 bits per heavy atom. The molecule has 1 fully saturated rings. The predicted octanol–water partition coefficient (Wildman–Crippen LogP) is 4.10. The van der Waals surface area contributed by atoms with Crippen LogP contribution in [0.3, 0.4) is 0 Å². The van der Waals surface area contributed by atoms with Crippen molar-refractivity contribution in [1.82, 2.24) is 10.2 Å². The number of rotatable bonds is 7. The van der Waals surface area contributed by atoms with Crippen LogP contribution in [0, 0.1) is 6.92 Å². The van der Waals surface area contributed by atoms with Crippen LogP contribution in [0.1, 0.15) is 48.9 Å². The van der Waals surface area contributed by atoms with Gasteiger partial charge in [-0.1, -0.05) is 6.08 Å². The van der Waals surface area contributed by atoms with Crippen LogP contribution in [0.25, 0.3) is 0 Å². The van der Waals surface area contributed by atoms with Crippen molar-refractivity contribution in [3.05, 3.63) is 34.0 Å². The van der Waals surface area contributed by atoms with Gasteiger partial charge in [-0.15, -0.1) is 17.9 Å². The SMILES string of the molecule is C=CCN(Cc1cc(CNC2CC2)sc1C)C(C)(C)C. The highest BCUT2D eigenvalue weighted by Gasteiger charge is 2.22. The fraction of sp³-hybridized carbons (Fsp3) is 0.647. The van der Waals surface area contributed by atoms with Gasteiger partial charge in [0, 0.05) is 41.0 Å². The van der Waals surface area contributed by atoms with Gasteiger partial charge in [0.25, 0.3) is 0 Å². The normalized spacial score (nSPS) is 15.8. The lowest BCUT2D eigenvalue weighted by atomic mass is 10.0. The van der Waals surface area contributed by atoms with Crippen molar-refractivity contribution in [3.63, 3.8) is 0 Å². The molecule has 0 amide bonds. The van der Waals surface area contributed by atoms with E-state index in [2.05, 4.69) is 50.6 Å². The molecule has 0 radical (unpaired) electrons. The lowest BCUT2D eigenvalue weighted by Crippen LogP contribution is -2.40. The Hall–Kier alpha value is -0.640. The highest BCUT2D eigenvalue weighted by Crippen LogP contribution is 2.27. The lowest BCUT2D eigenvalue weighted by Gasteiger charge is -2.34. The molecule has 1 aromatic rings. The Morgan fingerprint density at radius 1 is 1.45 bits per heavy atom. The van der Waals surface area contributed by atoms with E-state index in [-0.39, 0.29) is 5.54 Å². The highest BCUT2D eigenvalue weighted by molar-refractivity contribution is 7.12. The molecule has 1 aromatic heterocycles. The zero-order valence-electron chi connectivity index (χ0n) is 13.3. The number of aryl methyl sites for hydroxylation is 1. The van der Waals surface area contributed by atoms with Gasteiger partial charge in [0.1, 0.15) is 0 Å². The van der Waals surface area contributed by atoms with Gasteiger partial charge in [-0.3, -0.25) is 4.90 Å². The van der Waals surface area contributed by atoms with Crippen LogP contribution in [0.5, 0.6) is 0 Å². The Labute approximate surface area is 127 Å². The number of thiophene rings is 1. The van der Waals surface area contributed by atoms with Gasteiger partial charge < -0.3 is 5.32 Å². The summed E-state index contributed by atoms with van der Waals surface area (Å²) in [7, 11) is 0. The third kappa shape index (κ3) is 4.44. The van der Waals surface area contributed by atoms with Crippen LogP contribution in [0.4, 0.5) is 0 Å². The lowest BCUT2D eigenvalue weighted by molar-refractivity contribution is 0.145. The highest BCUT2D eigenvalue weighted by atomic mass is 32.1. The van der Waals surface area contributed by atoms with E-state index in [1.54, 1.807) is 0 Å². The number of nitrogens with one attached hydrogen (secondary N) is 1. The molecule has 20 heavy (non-hydrogen) atoms. The quantitative estimate of drug-likeness (QED) is 0.761. The summed E-state index contributed by atoms with van der Waals surface area (Å²) in [4.78, 5) is 5.40. The molecule has 0 atom stereocenters. The molecule has 1 N–H and O–H groups in total. The second-order valence-corrected chi connectivity index (χ2v) is 8.13. The van der Waals surface area contributed by atoms with Crippen molar-refractivity contribution in [2.75, 3.05) is 6.54 Å². The Bertz CT molecular complexity index is 452. The number of nitrogens with zero attached hydrogens (tertiary/aromatic N) is 1. The summed E-state index contributed by atoms with van der Waals surface area (Å²) in [5.74, 6) is 0. The van der Waals surface area contributed by atoms with Gasteiger partial charge >= 0.3 is 0 Å². The summed E-state index contributed by atoms with van der Waals surface area (Å²) >= 11 is 1.94. The molecule has 1 aliphatic rings. The minimum Gasteiger partial charge on any atom is -0.309 e. The molecule has 112 valence electrons. The van der Waals surface area contributed by atoms with Gasteiger partial charge in [0.15, 0.2) is 0 Å². The smallest absolute Gasteiger partial charge is 0.0302 e. The predicted molar refractivity (Wildman–Crippen MR) is 89.3 cm³/mol. The fourth-order valence-corrected chi connectivity index (χ4v) is 3.31. The second kappa shape index (κ2) is 6.42. The van der Waals surface area contributed by atoms with Crippen LogP contribution in [-0.4, -0.2) is 23.0 Å². The standard InChI is InChI=1S/C17H28N2S/c1-6-9-19(17(3,4)5)12-14-10-16(20-13(14)2)11-18-15-7-8-15/h6,10,15,18H,1,7-9,11-12H2,2-5H3. The van der Waals surface area contributed by atoms with Crippen molar-refractivity contribution < 1.29 is 0 Å². The van der Waals surface area contributed by atoms with Gasteiger partial charge in [-0.25, -0.2) is 0 Å². The van der Waals surface area contributed by atoms with E-state index in [0.29, 0.717) is 0 Å². The van der Waals surface area contributed by atoms with Gasteiger partial charge in [0.2, 0.25) is 0 Å². The van der Waals surface area contributed by atoms with Gasteiger partial charge in [-0.05, 0) is 52.2 Å². The molecule has 0 saturated heterocycles. The summed E-state index contributed by atoms with van der Waals surface area (Å²) in [5.41, 5.74) is 1.65. The summed E-state index contributed by atoms with van der Waals surface area (Å²) < 4.78 is 0. The topological polar surface area (TPSA) is 15.3 Å². The van der Waals surface area contributed by atoms with E-state index in [9.17, 15) is 0 Å². The van der Waals surface area contributed by atoms with E-state index < -0.39 is 0 Å². The number of hydrogen-bond donors (Lipinski definition) is 1. The average molecular weight is 292 g/mol. The van der Waals surface area contributed by atoms with E-state index in [4.69, 9.17) is 0 Å². The molecular formula is C17H28N2S. The van der Waals surface area contributed by atoms with E-state index in [0.717, 1.165) is 25.7 Å². The van der Waals surface area contributed by atoms with Crippen molar-refractivity contribution >= 4 is 11.3 Å². The molecule has 0 spiro atoms. The van der Waals surface area contributed by atoms with E-state index in [1.807, 2.05) is 17.4 Å². The van der Waals surface area contributed by atoms with E-state index >= 15 is 0 Å². The van der Waals surface area contributed by atoms with Gasteiger partial charge in [-0.2, -0.15) is 0 Å². The molecule has 2 nitrogen and oxygen atoms in total. The summed E-state index contributed by atoms with van der Waals surface area (Å²) in [6, 6.07) is 3.17. The van der Waals surface area contributed by atoms with Crippen LogP contribution in [0.15, 0.2) is 18.7 Å². The third-order valence-electron chi connectivity index (χ3n) is 3.87. The monoisotopic (exact) mass is 292 g/mol. The summed E-state index contributed by atoms with van der Waals surface area (Å²) in [5, 5.41) is 3.60.